The molecule has 4 aromatic heterocycles. The van der Waals surface area contributed by atoms with E-state index >= 15 is 0 Å². The lowest BCUT2D eigenvalue weighted by Gasteiger charge is -2.14. The van der Waals surface area contributed by atoms with Crippen LogP contribution in [0.3, 0.4) is 0 Å². The van der Waals surface area contributed by atoms with Crippen molar-refractivity contribution in [1.29, 1.82) is 0 Å². The molecule has 23 aromatic rings. The van der Waals surface area contributed by atoms with Crippen LogP contribution in [0.15, 0.2) is 388 Å². The van der Waals surface area contributed by atoms with Crippen LogP contribution < -0.4 is 0 Å². The minimum Gasteiger partial charge on any atom is -0.309 e. The van der Waals surface area contributed by atoms with Gasteiger partial charge in [-0.25, -0.2) is 0 Å². The van der Waals surface area contributed by atoms with Crippen LogP contribution in [-0.4, -0.2) is 18.3 Å². The molecule has 0 spiro atoms. The van der Waals surface area contributed by atoms with Crippen LogP contribution >= 0.6 is 0 Å². The van der Waals surface area contributed by atoms with Crippen molar-refractivity contribution in [2.24, 2.45) is 0 Å². The largest absolute Gasteiger partial charge is 0.309 e. The quantitative estimate of drug-likeness (QED) is 0.152. The third kappa shape index (κ3) is 9.28. The van der Waals surface area contributed by atoms with E-state index in [0.29, 0.717) is 0 Å². The predicted molar refractivity (Wildman–Crippen MR) is 452 cm³/mol. The molecule has 0 fully saturated rings. The second-order valence-electron chi connectivity index (χ2n) is 28.3. The van der Waals surface area contributed by atoms with E-state index in [1.54, 1.807) is 0 Å². The maximum absolute atomic E-state index is 2.46. The van der Waals surface area contributed by atoms with Crippen LogP contribution in [0.1, 0.15) is 0 Å². The molecule has 0 aliphatic heterocycles. The molecule has 19 aromatic carbocycles. The molecule has 4 heteroatoms. The van der Waals surface area contributed by atoms with Gasteiger partial charge in [0.05, 0.1) is 49.8 Å². The lowest BCUT2D eigenvalue weighted by molar-refractivity contribution is 1.18. The number of hydrogen-bond acceptors (Lipinski definition) is 0. The van der Waals surface area contributed by atoms with Crippen LogP contribution in [-0.2, 0) is 0 Å². The minimum atomic E-state index is 1.17. The number of rotatable bonds is 7. The summed E-state index contributed by atoms with van der Waals surface area (Å²) in [6.45, 7) is 0. The number of hydrogen-bond donors (Lipinski definition) is 0. The van der Waals surface area contributed by atoms with Gasteiger partial charge in [-0.15, -0.1) is 0 Å². The second kappa shape index (κ2) is 23.8. The highest BCUT2D eigenvalue weighted by atomic mass is 15.0. The van der Waals surface area contributed by atoms with Crippen molar-refractivity contribution in [2.45, 2.75) is 0 Å². The zero-order valence-electron chi connectivity index (χ0n) is 57.7. The van der Waals surface area contributed by atoms with Crippen molar-refractivity contribution < 1.29 is 0 Å². The molecule has 0 N–H and O–H groups in total. The Morgan fingerprint density at radius 3 is 1.16 bits per heavy atom. The van der Waals surface area contributed by atoms with Gasteiger partial charge in [-0.3, -0.25) is 0 Å². The molecule has 23 rings (SSSR count). The van der Waals surface area contributed by atoms with E-state index in [1.165, 1.54) is 208 Å². The molecule has 0 unspecified atom stereocenters. The van der Waals surface area contributed by atoms with Gasteiger partial charge in [0.15, 0.2) is 0 Å². The number of nitrogens with zero attached hydrogens (tertiary/aromatic N) is 4. The predicted octanol–water partition coefficient (Wildman–Crippen LogP) is 27.7. The first kappa shape index (κ1) is 59.6. The van der Waals surface area contributed by atoms with Crippen LogP contribution in [0.5, 0.6) is 0 Å². The second-order valence-corrected chi connectivity index (χ2v) is 28.3. The zero-order valence-corrected chi connectivity index (χ0v) is 57.7. The van der Waals surface area contributed by atoms with E-state index in [9.17, 15) is 0 Å². The molecule has 106 heavy (non-hydrogen) atoms. The van der Waals surface area contributed by atoms with Crippen LogP contribution in [0.25, 0.3) is 208 Å². The highest BCUT2D eigenvalue weighted by Crippen LogP contribution is 2.46. The van der Waals surface area contributed by atoms with E-state index in [1.807, 2.05) is 0 Å². The topological polar surface area (TPSA) is 19.7 Å². The summed E-state index contributed by atoms with van der Waals surface area (Å²) in [5, 5.41) is 25.2. The van der Waals surface area contributed by atoms with Gasteiger partial charge in [-0.05, 0) is 196 Å². The van der Waals surface area contributed by atoms with E-state index in [2.05, 4.69) is 407 Å². The van der Waals surface area contributed by atoms with Crippen LogP contribution in [0.4, 0.5) is 0 Å². The van der Waals surface area contributed by atoms with Crippen LogP contribution in [0, 0.1) is 0 Å². The van der Waals surface area contributed by atoms with Crippen molar-refractivity contribution in [1.82, 2.24) is 18.3 Å². The van der Waals surface area contributed by atoms with Crippen molar-refractivity contribution in [2.75, 3.05) is 0 Å². The van der Waals surface area contributed by atoms with E-state index in [0.717, 1.165) is 0 Å². The smallest absolute Gasteiger partial charge is 0.0547 e. The summed E-state index contributed by atoms with van der Waals surface area (Å²) in [6.07, 6.45) is 0. The van der Waals surface area contributed by atoms with Gasteiger partial charge in [0, 0.05) is 65.5 Å². The molecular weight excluding hydrogens is 1280 g/mol. The summed E-state index contributed by atoms with van der Waals surface area (Å²) < 4.78 is 9.74. The van der Waals surface area contributed by atoms with Gasteiger partial charge < -0.3 is 18.3 Å². The molecular formula is C102H64N4. The van der Waals surface area contributed by atoms with Gasteiger partial charge in [-0.2, -0.15) is 0 Å². The number of benzene rings is 19. The Morgan fingerprint density at radius 1 is 0.142 bits per heavy atom. The van der Waals surface area contributed by atoms with Crippen molar-refractivity contribution in [3.05, 3.63) is 388 Å². The zero-order chi connectivity index (χ0) is 69.5. The maximum atomic E-state index is 2.46. The van der Waals surface area contributed by atoms with E-state index in [-0.39, 0.29) is 0 Å². The molecule has 0 aliphatic carbocycles. The Balaban J connectivity index is 0.000000132. The molecule has 0 radical (unpaired) electrons. The lowest BCUT2D eigenvalue weighted by Crippen LogP contribution is -1.95. The first-order valence-corrected chi connectivity index (χ1v) is 36.6. The molecule has 0 bridgehead atoms. The fourth-order valence-corrected chi connectivity index (χ4v) is 17.7. The number of fused-ring (bicyclic) bond motifs is 20. The maximum Gasteiger partial charge on any atom is 0.0547 e. The summed E-state index contributed by atoms with van der Waals surface area (Å²) >= 11 is 0. The summed E-state index contributed by atoms with van der Waals surface area (Å²) in [6, 6.07) is 143. The Morgan fingerprint density at radius 2 is 0.509 bits per heavy atom. The SMILES string of the molecule is c1ccc(-n2c3ccccc3c3cc(-c4cccc5c(-c6ccc7c8ccccc8n(-c8cccc9ccccc89)c7c6)cccc45)ccc32)cc1.c1ccc2cc(-n3c4ccc(-c5ccc6c7c8ccccc8ccc7n(-c7ccc8ccccc8c7)c6c5)cc4c4c5ccccc5ccc43)ccc2c1. The third-order valence-corrected chi connectivity index (χ3v) is 22.5. The summed E-state index contributed by atoms with van der Waals surface area (Å²) in [5.41, 5.74) is 21.7. The van der Waals surface area contributed by atoms with Gasteiger partial charge in [0.25, 0.3) is 0 Å². The van der Waals surface area contributed by atoms with Crippen molar-refractivity contribution >= 4 is 152 Å². The Bertz CT molecular complexity index is 7580. The third-order valence-electron chi connectivity index (χ3n) is 22.5. The molecule has 4 heterocycles. The first-order valence-electron chi connectivity index (χ1n) is 36.6. The fourth-order valence-electron chi connectivity index (χ4n) is 17.7. The van der Waals surface area contributed by atoms with Crippen molar-refractivity contribution in [3.8, 4) is 56.1 Å². The highest BCUT2D eigenvalue weighted by molar-refractivity contribution is 6.24. The molecule has 0 atom stereocenters. The van der Waals surface area contributed by atoms with E-state index < -0.39 is 0 Å². The van der Waals surface area contributed by atoms with E-state index in [4.69, 9.17) is 0 Å². The Kier molecular flexibility index (Phi) is 13.4. The Labute approximate surface area is 610 Å². The average molecular weight is 1350 g/mol. The van der Waals surface area contributed by atoms with Crippen molar-refractivity contribution in [3.63, 3.8) is 0 Å². The van der Waals surface area contributed by atoms with Gasteiger partial charge in [0.1, 0.15) is 0 Å². The lowest BCUT2D eigenvalue weighted by atomic mass is 9.92. The summed E-state index contributed by atoms with van der Waals surface area (Å²) in [5.74, 6) is 0. The standard InChI is InChI=1S/C52H32N2.C50H32N2/c1-3-13-37-29-41(23-17-33(37)9-1)53-47-26-22-39(31-46(47)52-44-16-8-6-12-36(44)21-28-49(52)53)40-19-25-45-50(32-40)54(42-24-18-34-10-2-4-14-38(34)30-42)48-27-20-35-11-5-7-15-43(35)51(45)48;1-2-15-36(16-3-1)51-47-24-8-7-19-43(47)45-31-34(28-30-49(45)51)37-20-11-23-41-38(21-12-22-40(37)41)35-27-29-44-42-18-6-9-25-48(42)52(50(44)32-35)46-26-10-14-33-13-4-5-17-39(33)46/h1-32H;1-32H. The average Bonchev–Trinajstić information content (AvgIpc) is 1.58. The van der Waals surface area contributed by atoms with Gasteiger partial charge >= 0.3 is 0 Å². The number of para-hydroxylation sites is 3. The molecule has 0 saturated carbocycles. The highest BCUT2D eigenvalue weighted by Gasteiger charge is 2.22. The number of aromatic nitrogens is 4. The minimum absolute atomic E-state index is 1.17. The summed E-state index contributed by atoms with van der Waals surface area (Å²) in [7, 11) is 0. The van der Waals surface area contributed by atoms with Gasteiger partial charge in [-0.1, -0.05) is 285 Å². The molecule has 0 amide bonds. The molecule has 492 valence electrons. The molecule has 0 aliphatic rings. The van der Waals surface area contributed by atoms with Gasteiger partial charge in [0.2, 0.25) is 0 Å². The monoisotopic (exact) mass is 1340 g/mol. The summed E-state index contributed by atoms with van der Waals surface area (Å²) in [4.78, 5) is 0. The molecule has 4 nitrogen and oxygen atoms in total. The normalized spacial score (nSPS) is 12.0. The fraction of sp³-hybridized carbons (Fsp3) is 0. The Hall–Kier alpha value is -14.1. The van der Waals surface area contributed by atoms with Crippen LogP contribution in [0.2, 0.25) is 0 Å². The molecule has 0 saturated heterocycles. The first-order chi connectivity index (χ1) is 52.6.